The molecule has 0 saturated carbocycles. The number of hydrogen-bond acceptors (Lipinski definition) is 5. The number of amides is 1. The number of fused-ring (bicyclic) bond motifs is 2. The van der Waals surface area contributed by atoms with Crippen LogP contribution in [0.15, 0.2) is 49.4 Å². The molecular formula is C24H26FN7O. The lowest BCUT2D eigenvalue weighted by Crippen LogP contribution is -2.32. The largest absolute Gasteiger partial charge is 0.369 e. The van der Waals surface area contributed by atoms with Crippen LogP contribution in [-0.4, -0.2) is 50.7 Å². The van der Waals surface area contributed by atoms with Crippen LogP contribution in [0.1, 0.15) is 22.5 Å². The summed E-state index contributed by atoms with van der Waals surface area (Å²) in [5.41, 5.74) is 3.40. The van der Waals surface area contributed by atoms with E-state index in [1.54, 1.807) is 34.5 Å². The quantitative estimate of drug-likeness (QED) is 0.444. The molecule has 1 amide bonds. The maximum Gasteiger partial charge on any atom is 0.257 e. The number of halogens is 1. The molecule has 3 aromatic heterocycles. The highest BCUT2D eigenvalue weighted by molar-refractivity contribution is 6.13. The minimum Gasteiger partial charge on any atom is -0.369 e. The third-order valence-electron chi connectivity index (χ3n) is 5.98. The molecule has 0 spiro atoms. The Morgan fingerprint density at radius 2 is 2.18 bits per heavy atom. The molecule has 0 unspecified atom stereocenters. The van der Waals surface area contributed by atoms with Gasteiger partial charge in [-0.05, 0) is 25.5 Å². The number of rotatable bonds is 6. The van der Waals surface area contributed by atoms with Crippen LogP contribution in [0.2, 0.25) is 0 Å². The number of anilines is 2. The average molecular weight is 448 g/mol. The number of hydrogen-bond donors (Lipinski definition) is 2. The number of imidazole rings is 1. The van der Waals surface area contributed by atoms with Crippen LogP contribution in [0.4, 0.5) is 15.8 Å². The first kappa shape index (κ1) is 21.1. The number of nitrogens with zero attached hydrogens (tertiary/aromatic N) is 5. The molecule has 4 heterocycles. The summed E-state index contributed by atoms with van der Waals surface area (Å²) in [6.45, 7) is 8.15. The van der Waals surface area contributed by atoms with Gasteiger partial charge in [-0.15, -0.1) is 6.58 Å². The molecule has 0 bridgehead atoms. The van der Waals surface area contributed by atoms with Crippen LogP contribution in [0.5, 0.6) is 0 Å². The Hall–Kier alpha value is -3.72. The lowest BCUT2D eigenvalue weighted by Gasteiger charge is -2.20. The van der Waals surface area contributed by atoms with Crippen LogP contribution in [-0.2, 0) is 7.05 Å². The van der Waals surface area contributed by atoms with Gasteiger partial charge >= 0.3 is 0 Å². The second-order valence-corrected chi connectivity index (χ2v) is 8.47. The fourth-order valence-electron chi connectivity index (χ4n) is 4.51. The minimum absolute atomic E-state index is 0.230. The Balaban J connectivity index is 1.44. The SMILES string of the molecule is C=CCN[C@H]1CCN(c2ccc(C(=O)Nc3cc(F)c4nc(C)cn4c3)c3nn(C)cc23)C1. The molecule has 0 radical (unpaired) electrons. The molecule has 1 aliphatic rings. The molecule has 9 heteroatoms. The van der Waals surface area contributed by atoms with Gasteiger partial charge in [-0.3, -0.25) is 9.48 Å². The van der Waals surface area contributed by atoms with Gasteiger partial charge in [0.15, 0.2) is 11.5 Å². The van der Waals surface area contributed by atoms with E-state index >= 15 is 0 Å². The minimum atomic E-state index is -0.493. The van der Waals surface area contributed by atoms with Crippen molar-refractivity contribution in [3.05, 3.63) is 66.5 Å². The Morgan fingerprint density at radius 1 is 1.33 bits per heavy atom. The van der Waals surface area contributed by atoms with Crippen LogP contribution in [0, 0.1) is 12.7 Å². The van der Waals surface area contributed by atoms with Crippen molar-refractivity contribution in [2.24, 2.45) is 7.05 Å². The van der Waals surface area contributed by atoms with E-state index in [2.05, 4.69) is 32.2 Å². The predicted octanol–water partition coefficient (Wildman–Crippen LogP) is 3.28. The molecule has 1 aliphatic heterocycles. The van der Waals surface area contributed by atoms with E-state index in [9.17, 15) is 9.18 Å². The van der Waals surface area contributed by atoms with E-state index in [0.29, 0.717) is 28.5 Å². The monoisotopic (exact) mass is 447 g/mol. The third-order valence-corrected chi connectivity index (χ3v) is 5.98. The number of pyridine rings is 1. The molecule has 4 aromatic rings. The van der Waals surface area contributed by atoms with Gasteiger partial charge in [-0.2, -0.15) is 5.10 Å². The summed E-state index contributed by atoms with van der Waals surface area (Å²) >= 11 is 0. The van der Waals surface area contributed by atoms with Crippen molar-refractivity contribution >= 4 is 33.8 Å². The van der Waals surface area contributed by atoms with E-state index < -0.39 is 5.82 Å². The molecule has 2 N–H and O–H groups in total. The van der Waals surface area contributed by atoms with Crippen LogP contribution in [0.3, 0.4) is 0 Å². The average Bonchev–Trinajstić information content (AvgIpc) is 3.48. The molecule has 5 rings (SSSR count). The number of nitrogens with one attached hydrogen (secondary N) is 2. The highest BCUT2D eigenvalue weighted by Gasteiger charge is 2.25. The fourth-order valence-corrected chi connectivity index (χ4v) is 4.51. The van der Waals surface area contributed by atoms with E-state index in [1.165, 1.54) is 6.07 Å². The smallest absolute Gasteiger partial charge is 0.257 e. The summed E-state index contributed by atoms with van der Waals surface area (Å²) in [5.74, 6) is -0.833. The maximum atomic E-state index is 14.4. The summed E-state index contributed by atoms with van der Waals surface area (Å²) in [6, 6.07) is 5.44. The summed E-state index contributed by atoms with van der Waals surface area (Å²) < 4.78 is 17.7. The molecular weight excluding hydrogens is 421 g/mol. The molecule has 8 nitrogen and oxygen atoms in total. The molecule has 0 aliphatic carbocycles. The zero-order valence-corrected chi connectivity index (χ0v) is 18.7. The summed E-state index contributed by atoms with van der Waals surface area (Å²) in [6.07, 6.45) is 8.21. The van der Waals surface area contributed by atoms with Crippen molar-refractivity contribution in [1.29, 1.82) is 0 Å². The molecule has 1 fully saturated rings. The van der Waals surface area contributed by atoms with Gasteiger partial charge in [0.25, 0.3) is 5.91 Å². The van der Waals surface area contributed by atoms with Crippen molar-refractivity contribution in [3.8, 4) is 0 Å². The van der Waals surface area contributed by atoms with Gasteiger partial charge < -0.3 is 19.9 Å². The lowest BCUT2D eigenvalue weighted by molar-refractivity contribution is 0.102. The molecule has 1 atom stereocenters. The first-order valence-corrected chi connectivity index (χ1v) is 10.9. The van der Waals surface area contributed by atoms with Gasteiger partial charge in [-0.25, -0.2) is 9.37 Å². The van der Waals surface area contributed by atoms with Crippen molar-refractivity contribution < 1.29 is 9.18 Å². The third kappa shape index (κ3) is 3.95. The zero-order valence-electron chi connectivity index (χ0n) is 18.7. The number of benzene rings is 1. The van der Waals surface area contributed by atoms with Crippen molar-refractivity contribution in [2.75, 3.05) is 29.9 Å². The van der Waals surface area contributed by atoms with Gasteiger partial charge in [0.1, 0.15) is 5.52 Å². The summed E-state index contributed by atoms with van der Waals surface area (Å²) in [5, 5.41) is 11.8. The maximum absolute atomic E-state index is 14.4. The Morgan fingerprint density at radius 3 is 3.00 bits per heavy atom. The predicted molar refractivity (Wildman–Crippen MR) is 127 cm³/mol. The number of carbonyl (C=O) groups is 1. The molecule has 1 saturated heterocycles. The topological polar surface area (TPSA) is 79.5 Å². The van der Waals surface area contributed by atoms with E-state index in [4.69, 9.17) is 0 Å². The summed E-state index contributed by atoms with van der Waals surface area (Å²) in [4.78, 5) is 19.6. The van der Waals surface area contributed by atoms with E-state index in [1.807, 2.05) is 25.4 Å². The second-order valence-electron chi connectivity index (χ2n) is 8.47. The van der Waals surface area contributed by atoms with Gasteiger partial charge in [-0.1, -0.05) is 6.08 Å². The molecule has 33 heavy (non-hydrogen) atoms. The van der Waals surface area contributed by atoms with Crippen molar-refractivity contribution in [1.82, 2.24) is 24.5 Å². The van der Waals surface area contributed by atoms with Gasteiger partial charge in [0.2, 0.25) is 0 Å². The first-order valence-electron chi connectivity index (χ1n) is 10.9. The zero-order chi connectivity index (χ0) is 23.1. The van der Waals surface area contributed by atoms with Gasteiger partial charge in [0.05, 0.1) is 16.9 Å². The molecule has 1 aromatic carbocycles. The number of aryl methyl sites for hydroxylation is 2. The van der Waals surface area contributed by atoms with E-state index in [0.717, 1.165) is 37.1 Å². The second kappa shape index (κ2) is 8.32. The Kier molecular flexibility index (Phi) is 5.33. The normalized spacial score (nSPS) is 16.1. The van der Waals surface area contributed by atoms with Crippen molar-refractivity contribution in [2.45, 2.75) is 19.4 Å². The molecule has 170 valence electrons. The van der Waals surface area contributed by atoms with Crippen molar-refractivity contribution in [3.63, 3.8) is 0 Å². The van der Waals surface area contributed by atoms with Crippen LogP contribution >= 0.6 is 0 Å². The highest BCUT2D eigenvalue weighted by Crippen LogP contribution is 2.31. The highest BCUT2D eigenvalue weighted by atomic mass is 19.1. The van der Waals surface area contributed by atoms with Crippen LogP contribution in [0.25, 0.3) is 16.6 Å². The Bertz CT molecular complexity index is 1370. The fraction of sp³-hybridized carbons (Fsp3) is 0.292. The Labute approximate surface area is 190 Å². The number of carbonyl (C=O) groups excluding carboxylic acids is 1. The number of aromatic nitrogens is 4. The van der Waals surface area contributed by atoms with E-state index in [-0.39, 0.29) is 11.6 Å². The summed E-state index contributed by atoms with van der Waals surface area (Å²) in [7, 11) is 1.84. The first-order chi connectivity index (χ1) is 15.9. The van der Waals surface area contributed by atoms with Crippen LogP contribution < -0.4 is 15.5 Å². The lowest BCUT2D eigenvalue weighted by atomic mass is 10.1. The van der Waals surface area contributed by atoms with Gasteiger partial charge in [0, 0.05) is 68.5 Å². The standard InChI is InChI=1S/C24H26FN7O/c1-4-8-26-16-7-9-31(12-16)21-6-5-18(22-19(21)14-30(3)29-22)24(33)28-17-10-20(25)23-27-15(2)11-32(23)13-17/h4-6,10-11,13-14,16,26H,1,7-9,12H2,2-3H3,(H,28,33)/t16-/m0/s1.